The first-order valence-corrected chi connectivity index (χ1v) is 9.37. The predicted octanol–water partition coefficient (Wildman–Crippen LogP) is 3.47. The summed E-state index contributed by atoms with van der Waals surface area (Å²) in [6, 6.07) is 2.03. The van der Waals surface area contributed by atoms with Crippen LogP contribution in [0.2, 0.25) is 0 Å². The van der Waals surface area contributed by atoms with Crippen molar-refractivity contribution in [2.75, 3.05) is 11.9 Å². The average Bonchev–Trinajstić information content (AvgIpc) is 2.84. The summed E-state index contributed by atoms with van der Waals surface area (Å²) in [4.78, 5) is 24.9. The van der Waals surface area contributed by atoms with E-state index in [1.165, 1.54) is 19.3 Å². The number of hydrogen-bond acceptors (Lipinski definition) is 5. The van der Waals surface area contributed by atoms with Crippen molar-refractivity contribution in [3.8, 4) is 6.07 Å². The molecule has 0 atom stereocenters. The van der Waals surface area contributed by atoms with Gasteiger partial charge >= 0.3 is 5.97 Å². The Morgan fingerprint density at radius 1 is 1.19 bits per heavy atom. The maximum atomic E-state index is 12.8. The number of furan rings is 1. The van der Waals surface area contributed by atoms with E-state index >= 15 is 0 Å². The maximum Gasteiger partial charge on any atom is 0.312 e. The van der Waals surface area contributed by atoms with Gasteiger partial charge in [-0.05, 0) is 70.1 Å². The number of carbonyl (C=O) groups excluding carboxylic acids is 2. The Morgan fingerprint density at radius 2 is 1.77 bits per heavy atom. The molecule has 1 heterocycles. The molecule has 6 nitrogen and oxygen atoms in total. The van der Waals surface area contributed by atoms with Gasteiger partial charge in [0.05, 0.1) is 5.41 Å². The molecule has 5 rings (SSSR count). The van der Waals surface area contributed by atoms with Gasteiger partial charge in [0.1, 0.15) is 17.4 Å². The fourth-order valence-corrected chi connectivity index (χ4v) is 5.66. The lowest BCUT2D eigenvalue weighted by molar-refractivity contribution is -0.172. The van der Waals surface area contributed by atoms with E-state index in [0.29, 0.717) is 34.6 Å². The Labute approximate surface area is 152 Å². The number of ether oxygens (including phenoxy) is 1. The van der Waals surface area contributed by atoms with Gasteiger partial charge in [0.25, 0.3) is 5.91 Å². The van der Waals surface area contributed by atoms with Crippen LogP contribution < -0.4 is 5.32 Å². The van der Waals surface area contributed by atoms with Crippen LogP contribution in [0.4, 0.5) is 5.88 Å². The summed E-state index contributed by atoms with van der Waals surface area (Å²) >= 11 is 0. The number of rotatable bonds is 4. The molecule has 0 saturated heterocycles. The smallest absolute Gasteiger partial charge is 0.312 e. The van der Waals surface area contributed by atoms with Crippen LogP contribution in [0.1, 0.15) is 55.4 Å². The number of amides is 1. The lowest BCUT2D eigenvalue weighted by Crippen LogP contribution is -2.50. The Morgan fingerprint density at radius 3 is 2.31 bits per heavy atom. The molecule has 0 aliphatic heterocycles. The van der Waals surface area contributed by atoms with E-state index in [9.17, 15) is 14.9 Å². The molecule has 4 fully saturated rings. The van der Waals surface area contributed by atoms with Crippen LogP contribution >= 0.6 is 0 Å². The largest absolute Gasteiger partial charge is 0.455 e. The van der Waals surface area contributed by atoms with Gasteiger partial charge in [0, 0.05) is 5.56 Å². The van der Waals surface area contributed by atoms with Gasteiger partial charge in [-0.15, -0.1) is 0 Å². The van der Waals surface area contributed by atoms with E-state index in [-0.39, 0.29) is 23.9 Å². The summed E-state index contributed by atoms with van der Waals surface area (Å²) in [5, 5.41) is 11.7. The molecule has 1 N–H and O–H groups in total. The molecule has 1 aromatic heterocycles. The fourth-order valence-electron chi connectivity index (χ4n) is 5.66. The Balaban J connectivity index is 1.37. The molecule has 4 aliphatic rings. The van der Waals surface area contributed by atoms with Crippen molar-refractivity contribution in [2.24, 2.45) is 23.2 Å². The number of nitriles is 1. The Bertz CT molecular complexity index is 766. The van der Waals surface area contributed by atoms with Gasteiger partial charge in [0.15, 0.2) is 6.61 Å². The summed E-state index contributed by atoms with van der Waals surface area (Å²) in [5.74, 6) is 1.95. The van der Waals surface area contributed by atoms with Crippen LogP contribution in [0.5, 0.6) is 0 Å². The molecule has 1 aromatic rings. The maximum absolute atomic E-state index is 12.8. The first-order valence-electron chi connectivity index (χ1n) is 9.37. The third-order valence-corrected chi connectivity index (χ3v) is 6.56. The molecule has 0 spiro atoms. The zero-order chi connectivity index (χ0) is 18.5. The standard InChI is InChI=1S/C20H24N2O4/c1-11-12(2)26-18(16(11)9-21)22-17(23)10-25-19(24)20-6-13-3-14(7-20)5-15(4-13)8-20/h13-15H,3-8,10H2,1-2H3,(H,22,23). The molecule has 26 heavy (non-hydrogen) atoms. The molecule has 138 valence electrons. The molecule has 0 aromatic carbocycles. The molecule has 0 radical (unpaired) electrons. The minimum atomic E-state index is -0.478. The van der Waals surface area contributed by atoms with Crippen LogP contribution in [-0.4, -0.2) is 18.5 Å². The first kappa shape index (κ1) is 17.1. The van der Waals surface area contributed by atoms with E-state index in [1.807, 2.05) is 6.07 Å². The summed E-state index contributed by atoms with van der Waals surface area (Å²) in [5.41, 5.74) is 0.640. The van der Waals surface area contributed by atoms with Crippen molar-refractivity contribution >= 4 is 17.8 Å². The lowest BCUT2D eigenvalue weighted by Gasteiger charge is -2.55. The van der Waals surface area contributed by atoms with Crippen molar-refractivity contribution in [2.45, 2.75) is 52.4 Å². The van der Waals surface area contributed by atoms with Gasteiger partial charge < -0.3 is 9.15 Å². The van der Waals surface area contributed by atoms with Crippen LogP contribution in [0.3, 0.4) is 0 Å². The second kappa shape index (κ2) is 6.15. The van der Waals surface area contributed by atoms with Crippen molar-refractivity contribution in [1.82, 2.24) is 0 Å². The molecule has 4 aliphatic carbocycles. The monoisotopic (exact) mass is 356 g/mol. The summed E-state index contributed by atoms with van der Waals surface area (Å²) < 4.78 is 10.8. The number of hydrogen-bond donors (Lipinski definition) is 1. The fraction of sp³-hybridized carbons (Fsp3) is 0.650. The molecule has 4 bridgehead atoms. The van der Waals surface area contributed by atoms with E-state index in [1.54, 1.807) is 13.8 Å². The van der Waals surface area contributed by atoms with Gasteiger partial charge in [-0.2, -0.15) is 5.26 Å². The van der Waals surface area contributed by atoms with E-state index in [4.69, 9.17) is 9.15 Å². The van der Waals surface area contributed by atoms with Crippen LogP contribution in [0.15, 0.2) is 4.42 Å². The molecule has 4 saturated carbocycles. The summed E-state index contributed by atoms with van der Waals surface area (Å²) in [7, 11) is 0. The normalized spacial score (nSPS) is 31.5. The van der Waals surface area contributed by atoms with Gasteiger partial charge in [-0.25, -0.2) is 0 Å². The second-order valence-electron chi connectivity index (χ2n) is 8.42. The SMILES string of the molecule is Cc1oc(NC(=O)COC(=O)C23CC4CC(CC(C4)C2)C3)c(C#N)c1C. The van der Waals surface area contributed by atoms with Gasteiger partial charge in [-0.3, -0.25) is 14.9 Å². The number of nitrogens with zero attached hydrogens (tertiary/aromatic N) is 1. The van der Waals surface area contributed by atoms with Crippen molar-refractivity contribution < 1.29 is 18.7 Å². The zero-order valence-electron chi connectivity index (χ0n) is 15.3. The van der Waals surface area contributed by atoms with Crippen molar-refractivity contribution in [3.05, 3.63) is 16.9 Å². The molecular weight excluding hydrogens is 332 g/mol. The molecule has 6 heteroatoms. The van der Waals surface area contributed by atoms with Gasteiger partial charge in [0.2, 0.25) is 5.88 Å². The highest BCUT2D eigenvalue weighted by Gasteiger charge is 2.55. The minimum Gasteiger partial charge on any atom is -0.455 e. The lowest BCUT2D eigenvalue weighted by atomic mass is 9.49. The van der Waals surface area contributed by atoms with E-state index < -0.39 is 5.91 Å². The quantitative estimate of drug-likeness (QED) is 0.834. The third-order valence-electron chi connectivity index (χ3n) is 6.56. The van der Waals surface area contributed by atoms with Crippen molar-refractivity contribution in [1.29, 1.82) is 5.26 Å². The van der Waals surface area contributed by atoms with Crippen LogP contribution in [-0.2, 0) is 14.3 Å². The highest BCUT2D eigenvalue weighted by Crippen LogP contribution is 2.60. The summed E-state index contributed by atoms with van der Waals surface area (Å²) in [6.07, 6.45) is 6.49. The van der Waals surface area contributed by atoms with Gasteiger partial charge in [-0.1, -0.05) is 0 Å². The Hall–Kier alpha value is -2.29. The summed E-state index contributed by atoms with van der Waals surface area (Å²) in [6.45, 7) is 3.16. The highest BCUT2D eigenvalue weighted by molar-refractivity contribution is 5.93. The number of anilines is 1. The molecule has 1 amide bonds. The van der Waals surface area contributed by atoms with Crippen molar-refractivity contribution in [3.63, 3.8) is 0 Å². The van der Waals surface area contributed by atoms with E-state index in [2.05, 4.69) is 5.32 Å². The minimum absolute atomic E-state index is 0.123. The Kier molecular flexibility index (Phi) is 4.06. The van der Waals surface area contributed by atoms with Crippen LogP contribution in [0, 0.1) is 48.3 Å². The number of esters is 1. The zero-order valence-corrected chi connectivity index (χ0v) is 15.3. The van der Waals surface area contributed by atoms with E-state index in [0.717, 1.165) is 19.3 Å². The number of aryl methyl sites for hydroxylation is 1. The predicted molar refractivity (Wildman–Crippen MR) is 93.1 cm³/mol. The molecular formula is C20H24N2O4. The highest BCUT2D eigenvalue weighted by atomic mass is 16.5. The average molecular weight is 356 g/mol. The molecule has 0 unspecified atom stereocenters. The first-order chi connectivity index (χ1) is 12.4. The third kappa shape index (κ3) is 2.80. The topological polar surface area (TPSA) is 92.3 Å². The van der Waals surface area contributed by atoms with Crippen LogP contribution in [0.25, 0.3) is 0 Å². The number of carbonyl (C=O) groups is 2. The number of nitrogens with one attached hydrogen (secondary N) is 1. The second-order valence-corrected chi connectivity index (χ2v) is 8.42.